The Hall–Kier alpha value is -3.11. The lowest BCUT2D eigenvalue weighted by Crippen LogP contribution is -2.49. The Labute approximate surface area is 219 Å². The van der Waals surface area contributed by atoms with Crippen molar-refractivity contribution in [2.24, 2.45) is 11.1 Å². The largest absolute Gasteiger partial charge is 0.326 e. The number of carbonyl (C=O) groups is 2. The smallest absolute Gasteiger partial charge is 0.255 e. The van der Waals surface area contributed by atoms with Crippen LogP contribution >= 0.6 is 0 Å². The molecule has 2 atom stereocenters. The molecule has 0 aromatic heterocycles. The molecule has 0 spiro atoms. The Morgan fingerprint density at radius 3 is 2.19 bits per heavy atom. The standard InChI is InChI=1S/C27H36N4O5S/c1-5-31(26(30(3)4)16-19(2)29-34)27(33)22-10-12-23(13-11-22)28-25(32)17-20-8-14-24(15-9-20)37(35,36)18-21-6-7-21/h8-15,19,21,26H,5-7,16-18H2,1-4H3,(H,28,32). The second kappa shape index (κ2) is 12.4. The van der Waals surface area contributed by atoms with E-state index in [0.717, 1.165) is 12.8 Å². The van der Waals surface area contributed by atoms with Crippen molar-refractivity contribution >= 4 is 27.3 Å². The number of nitroso groups, excluding NO2 is 1. The Morgan fingerprint density at radius 1 is 1.05 bits per heavy atom. The molecular formula is C27H36N4O5S. The summed E-state index contributed by atoms with van der Waals surface area (Å²) in [6.07, 6.45) is 2.19. The zero-order chi connectivity index (χ0) is 27.2. The molecule has 37 heavy (non-hydrogen) atoms. The molecule has 200 valence electrons. The summed E-state index contributed by atoms with van der Waals surface area (Å²) in [5, 5.41) is 5.89. The Bertz CT molecular complexity index is 1190. The van der Waals surface area contributed by atoms with E-state index in [1.54, 1.807) is 60.4 Å². The van der Waals surface area contributed by atoms with E-state index < -0.39 is 15.9 Å². The molecule has 1 N–H and O–H groups in total. The van der Waals surface area contributed by atoms with Crippen LogP contribution in [0.15, 0.2) is 58.6 Å². The number of nitrogens with zero attached hydrogens (tertiary/aromatic N) is 3. The highest BCUT2D eigenvalue weighted by Crippen LogP contribution is 2.32. The first-order valence-corrected chi connectivity index (χ1v) is 14.2. The number of amides is 2. The average molecular weight is 529 g/mol. The van der Waals surface area contributed by atoms with E-state index in [1.807, 2.05) is 25.9 Å². The highest BCUT2D eigenvalue weighted by Gasteiger charge is 2.29. The summed E-state index contributed by atoms with van der Waals surface area (Å²) in [6, 6.07) is 12.7. The molecule has 0 saturated heterocycles. The van der Waals surface area contributed by atoms with Gasteiger partial charge in [0.1, 0.15) is 0 Å². The number of carbonyl (C=O) groups excluding carboxylic acids is 2. The summed E-state index contributed by atoms with van der Waals surface area (Å²) >= 11 is 0. The summed E-state index contributed by atoms with van der Waals surface area (Å²) in [5.41, 5.74) is 1.74. The van der Waals surface area contributed by atoms with Crippen molar-refractivity contribution in [3.63, 3.8) is 0 Å². The third-order valence-corrected chi connectivity index (χ3v) is 8.40. The van der Waals surface area contributed by atoms with E-state index in [2.05, 4.69) is 10.5 Å². The maximum atomic E-state index is 13.2. The minimum absolute atomic E-state index is 0.0979. The maximum absolute atomic E-state index is 13.2. The van der Waals surface area contributed by atoms with E-state index in [4.69, 9.17) is 0 Å². The molecule has 1 saturated carbocycles. The molecule has 0 radical (unpaired) electrons. The second-order valence-electron chi connectivity index (χ2n) is 9.90. The molecular weight excluding hydrogens is 492 g/mol. The molecule has 9 nitrogen and oxygen atoms in total. The predicted octanol–water partition coefficient (Wildman–Crippen LogP) is 3.95. The molecule has 10 heteroatoms. The number of anilines is 1. The molecule has 1 aliphatic carbocycles. The lowest BCUT2D eigenvalue weighted by Gasteiger charge is -2.36. The van der Waals surface area contributed by atoms with Gasteiger partial charge in [-0.2, -0.15) is 4.91 Å². The van der Waals surface area contributed by atoms with Gasteiger partial charge in [-0.05, 0) is 88.7 Å². The molecule has 2 aromatic carbocycles. The quantitative estimate of drug-likeness (QED) is 0.311. The fraction of sp³-hybridized carbons (Fsp3) is 0.481. The molecule has 0 bridgehead atoms. The number of nitrogens with one attached hydrogen (secondary N) is 1. The molecule has 1 aliphatic rings. The van der Waals surface area contributed by atoms with Crippen LogP contribution in [0, 0.1) is 10.8 Å². The van der Waals surface area contributed by atoms with Crippen LogP contribution < -0.4 is 5.32 Å². The van der Waals surface area contributed by atoms with Gasteiger partial charge in [0.2, 0.25) is 5.91 Å². The summed E-state index contributed by atoms with van der Waals surface area (Å²) in [7, 11) is 0.436. The number of benzene rings is 2. The first kappa shape index (κ1) is 28.5. The van der Waals surface area contributed by atoms with Crippen molar-refractivity contribution in [1.82, 2.24) is 9.80 Å². The van der Waals surface area contributed by atoms with Crippen LogP contribution in [-0.4, -0.2) is 68.6 Å². The lowest BCUT2D eigenvalue weighted by molar-refractivity contribution is -0.115. The highest BCUT2D eigenvalue weighted by molar-refractivity contribution is 7.91. The highest BCUT2D eigenvalue weighted by atomic mass is 32.2. The number of sulfone groups is 1. The van der Waals surface area contributed by atoms with Crippen LogP contribution in [0.1, 0.15) is 49.0 Å². The van der Waals surface area contributed by atoms with Crippen LogP contribution in [0.25, 0.3) is 0 Å². The fourth-order valence-corrected chi connectivity index (χ4v) is 5.91. The molecule has 0 aliphatic heterocycles. The van der Waals surface area contributed by atoms with Gasteiger partial charge in [0, 0.05) is 24.2 Å². The van der Waals surface area contributed by atoms with E-state index in [9.17, 15) is 22.9 Å². The summed E-state index contributed by atoms with van der Waals surface area (Å²) in [6.45, 7) is 4.08. The van der Waals surface area contributed by atoms with Crippen LogP contribution in [0.5, 0.6) is 0 Å². The monoisotopic (exact) mass is 528 g/mol. The van der Waals surface area contributed by atoms with Gasteiger partial charge in [0.25, 0.3) is 5.91 Å². The van der Waals surface area contributed by atoms with Gasteiger partial charge in [-0.15, -0.1) is 0 Å². The summed E-state index contributed by atoms with van der Waals surface area (Å²) in [5.74, 6) is 0.0477. The summed E-state index contributed by atoms with van der Waals surface area (Å²) < 4.78 is 24.8. The minimum atomic E-state index is -3.28. The van der Waals surface area contributed by atoms with Crippen molar-refractivity contribution in [1.29, 1.82) is 0 Å². The molecule has 2 amide bonds. The van der Waals surface area contributed by atoms with E-state index >= 15 is 0 Å². The van der Waals surface area contributed by atoms with Crippen LogP contribution in [0.2, 0.25) is 0 Å². The van der Waals surface area contributed by atoms with E-state index in [0.29, 0.717) is 34.7 Å². The predicted molar refractivity (Wildman–Crippen MR) is 144 cm³/mol. The SMILES string of the molecule is CCN(C(=O)c1ccc(NC(=O)Cc2ccc(S(=O)(=O)CC3CC3)cc2)cc1)C(CC(C)N=O)N(C)C. The maximum Gasteiger partial charge on any atom is 0.255 e. The topological polar surface area (TPSA) is 116 Å². The van der Waals surface area contributed by atoms with Gasteiger partial charge >= 0.3 is 0 Å². The van der Waals surface area contributed by atoms with Crippen molar-refractivity contribution < 1.29 is 18.0 Å². The van der Waals surface area contributed by atoms with Gasteiger partial charge in [0.15, 0.2) is 9.84 Å². The Balaban J connectivity index is 1.60. The molecule has 1 fully saturated rings. The van der Waals surface area contributed by atoms with Crippen molar-refractivity contribution in [2.75, 3.05) is 31.7 Å². The number of hydrogen-bond acceptors (Lipinski definition) is 7. The van der Waals surface area contributed by atoms with E-state index in [1.165, 1.54) is 0 Å². The second-order valence-corrected chi connectivity index (χ2v) is 11.9. The van der Waals surface area contributed by atoms with Crippen molar-refractivity contribution in [3.8, 4) is 0 Å². The van der Waals surface area contributed by atoms with Gasteiger partial charge in [-0.1, -0.05) is 17.3 Å². The molecule has 0 heterocycles. The molecule has 3 rings (SSSR count). The molecule has 2 unspecified atom stereocenters. The minimum Gasteiger partial charge on any atom is -0.326 e. The van der Waals surface area contributed by atoms with Gasteiger partial charge < -0.3 is 10.2 Å². The fourth-order valence-electron chi connectivity index (χ4n) is 4.21. The van der Waals surface area contributed by atoms with E-state index in [-0.39, 0.29) is 36.1 Å². The van der Waals surface area contributed by atoms with Gasteiger partial charge in [0.05, 0.1) is 29.3 Å². The van der Waals surface area contributed by atoms with Crippen molar-refractivity contribution in [2.45, 2.75) is 56.6 Å². The summed E-state index contributed by atoms with van der Waals surface area (Å²) in [4.78, 5) is 40.5. The normalized spacial score (nSPS) is 15.2. The zero-order valence-electron chi connectivity index (χ0n) is 21.9. The lowest BCUT2D eigenvalue weighted by atomic mass is 10.1. The first-order valence-electron chi connectivity index (χ1n) is 12.6. The third kappa shape index (κ3) is 7.93. The Morgan fingerprint density at radius 2 is 1.68 bits per heavy atom. The van der Waals surface area contributed by atoms with Gasteiger partial charge in [-0.3, -0.25) is 14.5 Å². The first-order chi connectivity index (χ1) is 17.5. The van der Waals surface area contributed by atoms with Crippen LogP contribution in [0.4, 0.5) is 5.69 Å². The van der Waals surface area contributed by atoms with Crippen LogP contribution in [-0.2, 0) is 21.1 Å². The van der Waals surface area contributed by atoms with Crippen molar-refractivity contribution in [3.05, 3.63) is 64.6 Å². The Kier molecular flexibility index (Phi) is 9.56. The number of hydrogen-bond donors (Lipinski definition) is 1. The van der Waals surface area contributed by atoms with Crippen LogP contribution in [0.3, 0.4) is 0 Å². The average Bonchev–Trinajstić information content (AvgIpc) is 3.67. The zero-order valence-corrected chi connectivity index (χ0v) is 22.7. The number of rotatable bonds is 13. The van der Waals surface area contributed by atoms with Gasteiger partial charge in [-0.25, -0.2) is 8.42 Å². The molecule has 2 aromatic rings. The third-order valence-electron chi connectivity index (χ3n) is 6.50.